The summed E-state index contributed by atoms with van der Waals surface area (Å²) in [5.74, 6) is 0. The Kier molecular flexibility index (Phi) is 3.93. The van der Waals surface area contributed by atoms with Crippen molar-refractivity contribution in [2.75, 3.05) is 0 Å². The second kappa shape index (κ2) is 6.26. The predicted molar refractivity (Wildman–Crippen MR) is 102 cm³/mol. The second-order valence-electron chi connectivity index (χ2n) is 6.13. The number of aryl methyl sites for hydroxylation is 2. The molecule has 0 N–H and O–H groups in total. The van der Waals surface area contributed by atoms with Gasteiger partial charge >= 0.3 is 0 Å². The van der Waals surface area contributed by atoms with Crippen LogP contribution in [0.2, 0.25) is 0 Å². The summed E-state index contributed by atoms with van der Waals surface area (Å²) in [6.07, 6.45) is 0. The van der Waals surface area contributed by atoms with E-state index in [1.807, 2.05) is 41.9 Å². The Balaban J connectivity index is 1.73. The lowest BCUT2D eigenvalue weighted by molar-refractivity contribution is 0.785. The highest BCUT2D eigenvalue weighted by atomic mass is 32.1. The summed E-state index contributed by atoms with van der Waals surface area (Å²) in [5, 5.41) is 11.7. The van der Waals surface area contributed by atoms with Gasteiger partial charge in [0.25, 0.3) is 0 Å². The molecule has 2 aromatic carbocycles. The van der Waals surface area contributed by atoms with Gasteiger partial charge in [0.05, 0.1) is 17.1 Å². The van der Waals surface area contributed by atoms with Crippen molar-refractivity contribution in [2.45, 2.75) is 20.8 Å². The van der Waals surface area contributed by atoms with Crippen molar-refractivity contribution in [1.82, 2.24) is 20.0 Å². The van der Waals surface area contributed by atoms with Gasteiger partial charge in [-0.25, -0.2) is 9.67 Å². The minimum atomic E-state index is 0.838. The van der Waals surface area contributed by atoms with E-state index in [-0.39, 0.29) is 0 Å². The lowest BCUT2D eigenvalue weighted by atomic mass is 10.0. The third-order valence-electron chi connectivity index (χ3n) is 4.26. The maximum Gasteiger partial charge on any atom is 0.146 e. The van der Waals surface area contributed by atoms with Gasteiger partial charge in [-0.05, 0) is 38.5 Å². The molecule has 4 aromatic rings. The molecule has 5 heteroatoms. The fourth-order valence-electron chi connectivity index (χ4n) is 2.95. The van der Waals surface area contributed by atoms with E-state index in [2.05, 4.69) is 47.7 Å². The summed E-state index contributed by atoms with van der Waals surface area (Å²) >= 11 is 1.61. The highest BCUT2D eigenvalue weighted by Gasteiger charge is 2.16. The zero-order valence-electron chi connectivity index (χ0n) is 14.4. The molecule has 0 fully saturated rings. The summed E-state index contributed by atoms with van der Waals surface area (Å²) in [5.41, 5.74) is 7.50. The minimum Gasteiger partial charge on any atom is -0.234 e. The van der Waals surface area contributed by atoms with Gasteiger partial charge in [-0.2, -0.15) is 0 Å². The van der Waals surface area contributed by atoms with Crippen LogP contribution in [0.15, 0.2) is 53.9 Å². The highest BCUT2D eigenvalue weighted by Crippen LogP contribution is 2.31. The Morgan fingerprint density at radius 1 is 0.960 bits per heavy atom. The largest absolute Gasteiger partial charge is 0.234 e. The van der Waals surface area contributed by atoms with Crippen LogP contribution in [0.4, 0.5) is 0 Å². The summed E-state index contributed by atoms with van der Waals surface area (Å²) in [4.78, 5) is 4.81. The number of aromatic nitrogens is 4. The Morgan fingerprint density at radius 3 is 2.52 bits per heavy atom. The van der Waals surface area contributed by atoms with Gasteiger partial charge in [0.2, 0.25) is 0 Å². The van der Waals surface area contributed by atoms with Gasteiger partial charge in [0, 0.05) is 10.9 Å². The molecule has 0 saturated carbocycles. The Hall–Kier alpha value is -2.79. The molecule has 4 rings (SSSR count). The smallest absolute Gasteiger partial charge is 0.146 e. The summed E-state index contributed by atoms with van der Waals surface area (Å²) in [7, 11) is 0. The first-order chi connectivity index (χ1) is 12.1. The van der Waals surface area contributed by atoms with Crippen LogP contribution in [0.3, 0.4) is 0 Å². The molecule has 4 nitrogen and oxygen atoms in total. The second-order valence-corrected chi connectivity index (χ2v) is 6.99. The van der Waals surface area contributed by atoms with E-state index in [0.717, 1.165) is 27.8 Å². The first-order valence-corrected chi connectivity index (χ1v) is 9.02. The van der Waals surface area contributed by atoms with Crippen LogP contribution in [0.5, 0.6) is 0 Å². The average molecular weight is 346 g/mol. The molecule has 124 valence electrons. The van der Waals surface area contributed by atoms with Crippen molar-refractivity contribution in [1.29, 1.82) is 0 Å². The van der Waals surface area contributed by atoms with Gasteiger partial charge in [0.1, 0.15) is 10.7 Å². The molecule has 0 atom stereocenters. The van der Waals surface area contributed by atoms with Gasteiger partial charge in [-0.3, -0.25) is 0 Å². The molecule has 0 radical (unpaired) electrons. The van der Waals surface area contributed by atoms with Gasteiger partial charge in [-0.1, -0.05) is 47.2 Å². The van der Waals surface area contributed by atoms with E-state index in [1.54, 1.807) is 11.3 Å². The molecule has 0 aliphatic carbocycles. The van der Waals surface area contributed by atoms with Crippen LogP contribution in [0, 0.1) is 20.8 Å². The maximum absolute atomic E-state index is 4.81. The lowest BCUT2D eigenvalue weighted by Crippen LogP contribution is -1.98. The van der Waals surface area contributed by atoms with E-state index in [4.69, 9.17) is 4.98 Å². The van der Waals surface area contributed by atoms with Crippen LogP contribution in [0.25, 0.3) is 27.6 Å². The van der Waals surface area contributed by atoms with Gasteiger partial charge in [0.15, 0.2) is 0 Å². The molecular formula is C20H18N4S. The van der Waals surface area contributed by atoms with Gasteiger partial charge in [-0.15, -0.1) is 16.4 Å². The van der Waals surface area contributed by atoms with Crippen LogP contribution in [0.1, 0.15) is 16.8 Å². The van der Waals surface area contributed by atoms with Crippen molar-refractivity contribution < 1.29 is 0 Å². The van der Waals surface area contributed by atoms with E-state index < -0.39 is 0 Å². The first-order valence-electron chi connectivity index (χ1n) is 8.15. The lowest BCUT2D eigenvalue weighted by Gasteiger charge is -2.03. The molecule has 0 spiro atoms. The number of hydrogen-bond acceptors (Lipinski definition) is 4. The average Bonchev–Trinajstić information content (AvgIpc) is 3.22. The summed E-state index contributed by atoms with van der Waals surface area (Å²) in [6.45, 7) is 6.26. The molecule has 2 heterocycles. The number of benzene rings is 2. The van der Waals surface area contributed by atoms with Gasteiger partial charge < -0.3 is 0 Å². The maximum atomic E-state index is 4.81. The molecule has 0 aliphatic rings. The van der Waals surface area contributed by atoms with E-state index >= 15 is 0 Å². The molecule has 0 bridgehead atoms. The molecule has 25 heavy (non-hydrogen) atoms. The zero-order chi connectivity index (χ0) is 17.4. The van der Waals surface area contributed by atoms with Crippen molar-refractivity contribution in [3.8, 4) is 27.6 Å². The van der Waals surface area contributed by atoms with Crippen molar-refractivity contribution in [3.05, 3.63) is 70.7 Å². The predicted octanol–water partition coefficient (Wildman–Crippen LogP) is 4.98. The molecule has 2 aromatic heterocycles. The Bertz CT molecular complexity index is 1030. The van der Waals surface area contributed by atoms with Crippen LogP contribution in [-0.4, -0.2) is 20.0 Å². The standard InChI is InChI=1S/C20H18N4S/c1-13-9-10-17(14(2)11-13)18-12-25-20(21-18)19-15(3)24(23-22-19)16-7-5-4-6-8-16/h4-12H,1-3H3. The summed E-state index contributed by atoms with van der Waals surface area (Å²) < 4.78 is 1.85. The van der Waals surface area contributed by atoms with Crippen LogP contribution >= 0.6 is 11.3 Å². The fourth-order valence-corrected chi connectivity index (χ4v) is 3.80. The first kappa shape index (κ1) is 15.7. The molecule has 0 amide bonds. The minimum absolute atomic E-state index is 0.838. The molecule has 0 unspecified atom stereocenters. The Morgan fingerprint density at radius 2 is 1.76 bits per heavy atom. The van der Waals surface area contributed by atoms with Crippen LogP contribution in [-0.2, 0) is 0 Å². The van der Waals surface area contributed by atoms with Crippen molar-refractivity contribution in [3.63, 3.8) is 0 Å². The molecular weight excluding hydrogens is 328 g/mol. The zero-order valence-corrected chi connectivity index (χ0v) is 15.2. The van der Waals surface area contributed by atoms with Crippen molar-refractivity contribution in [2.24, 2.45) is 0 Å². The topological polar surface area (TPSA) is 43.6 Å². The normalized spacial score (nSPS) is 11.0. The Labute approximate surface area is 150 Å². The SMILES string of the molecule is Cc1ccc(-c2csc(-c3nnn(-c4ccccc4)c3C)n2)c(C)c1. The number of rotatable bonds is 3. The highest BCUT2D eigenvalue weighted by molar-refractivity contribution is 7.13. The number of thiazole rings is 1. The third-order valence-corrected chi connectivity index (χ3v) is 5.11. The third kappa shape index (κ3) is 2.87. The monoisotopic (exact) mass is 346 g/mol. The van der Waals surface area contributed by atoms with E-state index in [0.29, 0.717) is 0 Å². The quantitative estimate of drug-likeness (QED) is 0.525. The number of para-hydroxylation sites is 1. The van der Waals surface area contributed by atoms with Crippen molar-refractivity contribution >= 4 is 11.3 Å². The molecule has 0 saturated heterocycles. The fraction of sp³-hybridized carbons (Fsp3) is 0.150. The van der Waals surface area contributed by atoms with E-state index in [9.17, 15) is 0 Å². The van der Waals surface area contributed by atoms with E-state index in [1.165, 1.54) is 16.7 Å². The van der Waals surface area contributed by atoms with Crippen LogP contribution < -0.4 is 0 Å². The molecule has 0 aliphatic heterocycles. The summed E-state index contributed by atoms with van der Waals surface area (Å²) in [6, 6.07) is 16.5. The number of nitrogens with zero attached hydrogens (tertiary/aromatic N) is 4. The number of hydrogen-bond donors (Lipinski definition) is 0.